The lowest BCUT2D eigenvalue weighted by molar-refractivity contribution is -0.144. The summed E-state index contributed by atoms with van der Waals surface area (Å²) in [6, 6.07) is 17.1. The summed E-state index contributed by atoms with van der Waals surface area (Å²) in [6.45, 7) is 10.3. The van der Waals surface area contributed by atoms with Crippen LogP contribution in [-0.4, -0.2) is 107 Å². The first-order valence-corrected chi connectivity index (χ1v) is 22.7. The van der Waals surface area contributed by atoms with E-state index in [1.165, 1.54) is 23.4 Å². The van der Waals surface area contributed by atoms with E-state index in [0.717, 1.165) is 28.9 Å². The van der Waals surface area contributed by atoms with E-state index in [1.54, 1.807) is 49.2 Å². The number of unbranched alkanes of at least 4 members (excludes halogenated alkanes) is 1. The molecule has 0 saturated carbocycles. The minimum atomic E-state index is -1.14. The van der Waals surface area contributed by atoms with E-state index < -0.39 is 58.6 Å². The average Bonchev–Trinajstić information content (AvgIpc) is 4.02. The van der Waals surface area contributed by atoms with Crippen LogP contribution in [0.5, 0.6) is 5.75 Å². The molecule has 3 N–H and O–H groups in total. The van der Waals surface area contributed by atoms with Gasteiger partial charge in [0, 0.05) is 50.6 Å². The van der Waals surface area contributed by atoms with Gasteiger partial charge in [-0.05, 0) is 92.7 Å². The number of ether oxygens (including phenoxy) is 3. The molecule has 1 unspecified atom stereocenters. The van der Waals surface area contributed by atoms with E-state index in [-0.39, 0.29) is 54.1 Å². The molecule has 1 aromatic heterocycles. The highest BCUT2D eigenvalue weighted by Crippen LogP contribution is 2.39. The van der Waals surface area contributed by atoms with Crippen molar-refractivity contribution in [3.8, 4) is 23.1 Å². The SMILES string of the molecule is CC(C)(C)C(NC(=O)COCCCOCCCCOc1ccc(N2C(=S)N(c3ccc(C#N)c(Cl)c3F)C(=O)C2(C)C)cc1)C(=O)N1C[C@H](O)C[C@H]1C(=O)NCc1ccc(-c2cnco2)cc1. The molecule has 3 aromatic carbocycles. The summed E-state index contributed by atoms with van der Waals surface area (Å²) in [5.41, 5.74) is 0.251. The fourth-order valence-corrected chi connectivity index (χ4v) is 8.45. The molecule has 0 bridgehead atoms. The second kappa shape index (κ2) is 22.2. The molecule has 4 aromatic rings. The fourth-order valence-electron chi connectivity index (χ4n) is 7.73. The molecule has 0 spiro atoms. The zero-order valence-electron chi connectivity index (χ0n) is 38.1. The van der Waals surface area contributed by atoms with Crippen LogP contribution in [0.3, 0.4) is 0 Å². The number of carbonyl (C=O) groups is 4. The molecule has 6 rings (SSSR count). The van der Waals surface area contributed by atoms with Crippen molar-refractivity contribution in [2.75, 3.05) is 49.4 Å². The lowest BCUT2D eigenvalue weighted by atomic mass is 9.85. The molecule has 19 heteroatoms. The Balaban J connectivity index is 0.859. The van der Waals surface area contributed by atoms with Crippen molar-refractivity contribution >= 4 is 63.9 Å². The van der Waals surface area contributed by atoms with Crippen molar-refractivity contribution < 1.29 is 47.3 Å². The second-order valence-electron chi connectivity index (χ2n) is 17.8. The van der Waals surface area contributed by atoms with Crippen molar-refractivity contribution in [2.45, 2.75) is 90.6 Å². The molecule has 356 valence electrons. The van der Waals surface area contributed by atoms with E-state index in [0.29, 0.717) is 43.4 Å². The Kier molecular flexibility index (Phi) is 16.7. The normalized spacial score (nSPS) is 17.4. The fraction of sp³-hybridized carbons (Fsp3) is 0.438. The van der Waals surface area contributed by atoms with Gasteiger partial charge in [-0.1, -0.05) is 56.6 Å². The van der Waals surface area contributed by atoms with Crippen molar-refractivity contribution in [1.82, 2.24) is 20.5 Å². The van der Waals surface area contributed by atoms with Gasteiger partial charge in [0.2, 0.25) is 17.7 Å². The number of aromatic nitrogens is 1. The van der Waals surface area contributed by atoms with Gasteiger partial charge in [0.05, 0.1) is 35.2 Å². The summed E-state index contributed by atoms with van der Waals surface area (Å²) in [6.07, 6.45) is 4.16. The first kappa shape index (κ1) is 50.4. The number of nitriles is 1. The van der Waals surface area contributed by atoms with E-state index in [2.05, 4.69) is 15.6 Å². The number of hydrogen-bond acceptors (Lipinski definition) is 12. The topological polar surface area (TPSA) is 200 Å². The Labute approximate surface area is 399 Å². The monoisotopic (exact) mass is 959 g/mol. The maximum absolute atomic E-state index is 15.2. The molecular weight excluding hydrogens is 905 g/mol. The van der Waals surface area contributed by atoms with Crippen LogP contribution in [0.2, 0.25) is 5.02 Å². The Hall–Kier alpha value is -5.97. The number of thiocarbonyl (C=S) groups is 1. The van der Waals surface area contributed by atoms with Crippen molar-refractivity contribution in [3.05, 3.63) is 95.2 Å². The number of nitrogens with one attached hydrogen (secondary N) is 2. The first-order chi connectivity index (χ1) is 31.9. The zero-order valence-corrected chi connectivity index (χ0v) is 39.6. The molecule has 0 radical (unpaired) electrons. The molecule has 3 atom stereocenters. The van der Waals surface area contributed by atoms with Crippen LogP contribution in [0.4, 0.5) is 15.8 Å². The van der Waals surface area contributed by atoms with Crippen LogP contribution < -0.4 is 25.2 Å². The summed E-state index contributed by atoms with van der Waals surface area (Å²) in [5.74, 6) is -1.46. The highest BCUT2D eigenvalue weighted by atomic mass is 35.5. The lowest BCUT2D eigenvalue weighted by Crippen LogP contribution is -2.58. The smallest absolute Gasteiger partial charge is 0.259 e. The third-order valence-electron chi connectivity index (χ3n) is 11.4. The maximum atomic E-state index is 15.2. The quantitative estimate of drug-likeness (QED) is 0.0658. The summed E-state index contributed by atoms with van der Waals surface area (Å²) >= 11 is 11.7. The van der Waals surface area contributed by atoms with Crippen LogP contribution in [0, 0.1) is 22.6 Å². The number of benzene rings is 3. The molecule has 16 nitrogen and oxygen atoms in total. The van der Waals surface area contributed by atoms with Gasteiger partial charge >= 0.3 is 0 Å². The first-order valence-electron chi connectivity index (χ1n) is 21.9. The van der Waals surface area contributed by atoms with Crippen LogP contribution in [-0.2, 0) is 35.2 Å². The van der Waals surface area contributed by atoms with Crippen molar-refractivity contribution in [1.29, 1.82) is 5.26 Å². The van der Waals surface area contributed by atoms with Gasteiger partial charge in [-0.25, -0.2) is 9.37 Å². The molecule has 67 heavy (non-hydrogen) atoms. The molecule has 2 aliphatic heterocycles. The molecule has 3 heterocycles. The summed E-state index contributed by atoms with van der Waals surface area (Å²) in [4.78, 5) is 61.7. The number of rotatable bonds is 20. The number of oxazole rings is 1. The highest BCUT2D eigenvalue weighted by molar-refractivity contribution is 7.81. The minimum absolute atomic E-state index is 0.0346. The average molecular weight is 961 g/mol. The number of amides is 4. The number of halogens is 2. The molecule has 4 amide bonds. The predicted octanol–water partition coefficient (Wildman–Crippen LogP) is 6.31. The van der Waals surface area contributed by atoms with Crippen LogP contribution in [0.1, 0.15) is 71.4 Å². The van der Waals surface area contributed by atoms with E-state index in [4.69, 9.17) is 42.4 Å². The second-order valence-corrected chi connectivity index (χ2v) is 18.5. The minimum Gasteiger partial charge on any atom is -0.494 e. The Bertz CT molecular complexity index is 2440. The molecule has 2 saturated heterocycles. The number of nitrogens with zero attached hydrogens (tertiary/aromatic N) is 5. The summed E-state index contributed by atoms with van der Waals surface area (Å²) < 4.78 is 37.7. The number of likely N-dealkylation sites (tertiary alicyclic amines) is 1. The number of aliphatic hydroxyl groups excluding tert-OH is 1. The van der Waals surface area contributed by atoms with Gasteiger partial charge in [-0.15, -0.1) is 0 Å². The maximum Gasteiger partial charge on any atom is 0.259 e. The van der Waals surface area contributed by atoms with Crippen LogP contribution in [0.15, 0.2) is 77.7 Å². The Morgan fingerprint density at radius 1 is 1.03 bits per heavy atom. The van der Waals surface area contributed by atoms with Crippen molar-refractivity contribution in [2.24, 2.45) is 5.41 Å². The van der Waals surface area contributed by atoms with Crippen LogP contribution in [0.25, 0.3) is 11.3 Å². The van der Waals surface area contributed by atoms with Gasteiger partial charge in [0.1, 0.15) is 36.0 Å². The van der Waals surface area contributed by atoms with Gasteiger partial charge in [-0.3, -0.25) is 24.1 Å². The third-order valence-corrected chi connectivity index (χ3v) is 12.1. The largest absolute Gasteiger partial charge is 0.494 e. The number of carbonyl (C=O) groups excluding carboxylic acids is 4. The molecular formula is C48H55ClFN7O9S. The number of anilines is 2. The van der Waals surface area contributed by atoms with Crippen molar-refractivity contribution in [3.63, 3.8) is 0 Å². The van der Waals surface area contributed by atoms with E-state index in [9.17, 15) is 29.5 Å². The molecule has 2 aliphatic rings. The lowest BCUT2D eigenvalue weighted by Gasteiger charge is -2.35. The zero-order chi connectivity index (χ0) is 48.5. The van der Waals surface area contributed by atoms with Crippen LogP contribution >= 0.6 is 23.8 Å². The van der Waals surface area contributed by atoms with Gasteiger partial charge in [0.25, 0.3) is 5.91 Å². The predicted molar refractivity (Wildman–Crippen MR) is 251 cm³/mol. The number of aliphatic hydroxyl groups is 1. The number of hydrogen-bond donors (Lipinski definition) is 3. The molecule has 2 fully saturated rings. The Morgan fingerprint density at radius 2 is 1.72 bits per heavy atom. The Morgan fingerprint density at radius 3 is 2.39 bits per heavy atom. The van der Waals surface area contributed by atoms with Gasteiger partial charge in [0.15, 0.2) is 23.1 Å². The summed E-state index contributed by atoms with van der Waals surface area (Å²) in [5, 5.41) is 25.1. The number of β-amino-alcohol motifs (C(OH)–C–C–N with tert-alkyl or cyclic N) is 1. The third kappa shape index (κ3) is 12.1. The van der Waals surface area contributed by atoms with Gasteiger partial charge in [-0.2, -0.15) is 5.26 Å². The van der Waals surface area contributed by atoms with E-state index >= 15 is 4.39 Å². The molecule has 0 aliphatic carbocycles. The van der Waals surface area contributed by atoms with Gasteiger partial charge < -0.3 is 44.2 Å². The summed E-state index contributed by atoms with van der Waals surface area (Å²) in [7, 11) is 0. The highest BCUT2D eigenvalue weighted by Gasteiger charge is 2.51. The standard InChI is InChI=1S/C48H55ClFN7O9S/c1-47(2,3)42(44(61)55-27-34(58)23-37(55)43(60)53-25-30-9-11-31(12-10-30)38-26-52-29-66-38)54-39(59)28-64-21-8-20-63-19-6-7-22-65-35-16-14-33(15-17-35)57-46(67)56(45(62)48(57,4)5)36-18-13-32(24-51)40(49)41(36)50/h9-18,26,29,34,37,42,58H,6-8,19-23,25,27-28H2,1-5H3,(H,53,60)(H,54,59)/t34-,37+,42?/m1/s1. The van der Waals surface area contributed by atoms with E-state index in [1.807, 2.05) is 51.1 Å².